The van der Waals surface area contributed by atoms with Crippen LogP contribution in [0.15, 0.2) is 72.8 Å². The Morgan fingerprint density at radius 3 is 2.50 bits per heavy atom. The maximum Gasteiger partial charge on any atom is 0.261 e. The van der Waals surface area contributed by atoms with Crippen LogP contribution in [-0.4, -0.2) is 29.4 Å². The molecule has 3 aromatic rings. The normalized spacial score (nSPS) is 15.9. The molecular formula is C28H29FN2O3. The Morgan fingerprint density at radius 2 is 1.82 bits per heavy atom. The molecule has 0 spiro atoms. The van der Waals surface area contributed by atoms with Crippen molar-refractivity contribution in [3.63, 3.8) is 0 Å². The molecule has 1 heterocycles. The SMILES string of the molecule is CC[C@H](Oc1ccc2c(c1)[C@@H](c1ccc(F)cc1)N(C(C)=O)CC2)C(=O)NCc1ccccc1. The highest BCUT2D eigenvalue weighted by molar-refractivity contribution is 5.81. The Bertz CT molecular complexity index is 1150. The van der Waals surface area contributed by atoms with Crippen molar-refractivity contribution in [2.75, 3.05) is 6.54 Å². The second-order valence-corrected chi connectivity index (χ2v) is 8.50. The van der Waals surface area contributed by atoms with Crippen molar-refractivity contribution in [2.24, 2.45) is 0 Å². The maximum absolute atomic E-state index is 13.6. The van der Waals surface area contributed by atoms with Gasteiger partial charge < -0.3 is 15.0 Å². The lowest BCUT2D eigenvalue weighted by Crippen LogP contribution is -2.39. The maximum atomic E-state index is 13.6. The fourth-order valence-corrected chi connectivity index (χ4v) is 4.40. The zero-order valence-corrected chi connectivity index (χ0v) is 19.5. The zero-order chi connectivity index (χ0) is 24.1. The number of hydrogen-bond acceptors (Lipinski definition) is 3. The quantitative estimate of drug-likeness (QED) is 0.551. The fourth-order valence-electron chi connectivity index (χ4n) is 4.40. The highest BCUT2D eigenvalue weighted by atomic mass is 19.1. The molecule has 0 aromatic heterocycles. The number of carbonyl (C=O) groups excluding carboxylic acids is 2. The van der Waals surface area contributed by atoms with Crippen molar-refractivity contribution in [1.82, 2.24) is 10.2 Å². The van der Waals surface area contributed by atoms with Crippen LogP contribution in [0.25, 0.3) is 0 Å². The summed E-state index contributed by atoms with van der Waals surface area (Å²) in [6, 6.07) is 21.4. The molecule has 1 N–H and O–H groups in total. The van der Waals surface area contributed by atoms with Gasteiger partial charge in [-0.1, -0.05) is 55.5 Å². The second kappa shape index (κ2) is 10.5. The summed E-state index contributed by atoms with van der Waals surface area (Å²) < 4.78 is 19.7. The van der Waals surface area contributed by atoms with Gasteiger partial charge in [0.2, 0.25) is 5.91 Å². The summed E-state index contributed by atoms with van der Waals surface area (Å²) in [6.45, 7) is 4.48. The van der Waals surface area contributed by atoms with Crippen molar-refractivity contribution in [3.8, 4) is 5.75 Å². The van der Waals surface area contributed by atoms with Gasteiger partial charge in [0.1, 0.15) is 11.6 Å². The van der Waals surface area contributed by atoms with Crippen molar-refractivity contribution < 1.29 is 18.7 Å². The van der Waals surface area contributed by atoms with Crippen LogP contribution in [0.5, 0.6) is 5.75 Å². The van der Waals surface area contributed by atoms with Crippen LogP contribution in [0.2, 0.25) is 0 Å². The van der Waals surface area contributed by atoms with E-state index in [1.807, 2.05) is 55.5 Å². The molecule has 6 heteroatoms. The monoisotopic (exact) mass is 460 g/mol. The van der Waals surface area contributed by atoms with Crippen LogP contribution in [0, 0.1) is 5.82 Å². The van der Waals surface area contributed by atoms with E-state index in [1.165, 1.54) is 12.1 Å². The Balaban J connectivity index is 1.56. The first-order valence-corrected chi connectivity index (χ1v) is 11.6. The molecule has 3 aromatic carbocycles. The molecule has 0 aliphatic carbocycles. The minimum atomic E-state index is -0.640. The zero-order valence-electron chi connectivity index (χ0n) is 19.5. The summed E-state index contributed by atoms with van der Waals surface area (Å²) >= 11 is 0. The number of nitrogens with zero attached hydrogens (tertiary/aromatic N) is 1. The third-order valence-electron chi connectivity index (χ3n) is 6.19. The predicted octanol–water partition coefficient (Wildman–Crippen LogP) is 4.79. The molecule has 0 radical (unpaired) electrons. The lowest BCUT2D eigenvalue weighted by atomic mass is 9.88. The van der Waals surface area contributed by atoms with Gasteiger partial charge in [0, 0.05) is 20.0 Å². The van der Waals surface area contributed by atoms with E-state index in [1.54, 1.807) is 24.0 Å². The van der Waals surface area contributed by atoms with Crippen LogP contribution in [0.1, 0.15) is 48.6 Å². The van der Waals surface area contributed by atoms with E-state index in [2.05, 4.69) is 5.32 Å². The molecule has 4 rings (SSSR count). The largest absolute Gasteiger partial charge is 0.481 e. The third-order valence-corrected chi connectivity index (χ3v) is 6.19. The highest BCUT2D eigenvalue weighted by Crippen LogP contribution is 2.37. The Kier molecular flexibility index (Phi) is 7.26. The van der Waals surface area contributed by atoms with Gasteiger partial charge in [0.25, 0.3) is 5.91 Å². The smallest absolute Gasteiger partial charge is 0.261 e. The molecule has 1 aliphatic rings. The van der Waals surface area contributed by atoms with Gasteiger partial charge in [-0.25, -0.2) is 4.39 Å². The van der Waals surface area contributed by atoms with Gasteiger partial charge in [-0.15, -0.1) is 0 Å². The van der Waals surface area contributed by atoms with Crippen molar-refractivity contribution in [2.45, 2.75) is 45.4 Å². The number of carbonyl (C=O) groups is 2. The molecule has 176 valence electrons. The van der Waals surface area contributed by atoms with Crippen LogP contribution in [0.3, 0.4) is 0 Å². The molecule has 0 saturated heterocycles. The van der Waals surface area contributed by atoms with Crippen molar-refractivity contribution in [1.29, 1.82) is 0 Å². The summed E-state index contributed by atoms with van der Waals surface area (Å²) in [6.07, 6.45) is 0.596. The van der Waals surface area contributed by atoms with Gasteiger partial charge in [-0.05, 0) is 59.4 Å². The van der Waals surface area contributed by atoms with Gasteiger partial charge in [0.05, 0.1) is 6.04 Å². The molecule has 2 atom stereocenters. The van der Waals surface area contributed by atoms with Crippen molar-refractivity contribution >= 4 is 11.8 Å². The number of benzene rings is 3. The first-order chi connectivity index (χ1) is 16.5. The Hall–Kier alpha value is -3.67. The van der Waals surface area contributed by atoms with Gasteiger partial charge in [0.15, 0.2) is 6.10 Å². The first-order valence-electron chi connectivity index (χ1n) is 11.6. The number of nitrogens with one attached hydrogen (secondary N) is 1. The number of rotatable bonds is 7. The summed E-state index contributed by atoms with van der Waals surface area (Å²) in [5.41, 5.74) is 3.90. The number of fused-ring (bicyclic) bond motifs is 1. The highest BCUT2D eigenvalue weighted by Gasteiger charge is 2.31. The Labute approximate surface area is 199 Å². The topological polar surface area (TPSA) is 58.6 Å². The van der Waals surface area contributed by atoms with Gasteiger partial charge >= 0.3 is 0 Å². The standard InChI is InChI=1S/C28H29FN2O3/c1-3-26(28(33)30-18-20-7-5-4-6-8-20)34-24-14-11-21-15-16-31(19(2)32)27(25(21)17-24)22-9-12-23(29)13-10-22/h4-14,17,26-27H,3,15-16,18H2,1-2H3,(H,30,33)/t26-,27+/m0/s1. The second-order valence-electron chi connectivity index (χ2n) is 8.50. The van der Waals surface area contributed by atoms with E-state index in [-0.39, 0.29) is 23.7 Å². The molecule has 2 amide bonds. The van der Waals surface area contributed by atoms with E-state index in [9.17, 15) is 14.0 Å². The Morgan fingerprint density at radius 1 is 1.09 bits per heavy atom. The summed E-state index contributed by atoms with van der Waals surface area (Å²) in [5, 5.41) is 2.94. The number of amides is 2. The minimum Gasteiger partial charge on any atom is -0.481 e. The summed E-state index contributed by atoms with van der Waals surface area (Å²) in [4.78, 5) is 27.0. The molecule has 1 aliphatic heterocycles. The fraction of sp³-hybridized carbons (Fsp3) is 0.286. The lowest BCUT2D eigenvalue weighted by molar-refractivity contribution is -0.131. The summed E-state index contributed by atoms with van der Waals surface area (Å²) in [5.74, 6) is 0.0269. The van der Waals surface area contributed by atoms with Crippen LogP contribution in [-0.2, 0) is 22.6 Å². The molecular weight excluding hydrogens is 431 g/mol. The van der Waals surface area contributed by atoms with Crippen LogP contribution in [0.4, 0.5) is 4.39 Å². The van der Waals surface area contributed by atoms with E-state index in [0.29, 0.717) is 25.3 Å². The third kappa shape index (κ3) is 5.28. The lowest BCUT2D eigenvalue weighted by Gasteiger charge is -2.37. The molecule has 34 heavy (non-hydrogen) atoms. The molecule has 0 saturated carbocycles. The van der Waals surface area contributed by atoms with Gasteiger partial charge in [-0.3, -0.25) is 9.59 Å². The number of halogens is 1. The molecule has 0 fully saturated rings. The predicted molar refractivity (Wildman–Crippen MR) is 129 cm³/mol. The first kappa shape index (κ1) is 23.5. The number of ether oxygens (including phenoxy) is 1. The van der Waals surface area contributed by atoms with E-state index in [4.69, 9.17) is 4.74 Å². The van der Waals surface area contributed by atoms with Gasteiger partial charge in [-0.2, -0.15) is 0 Å². The van der Waals surface area contributed by atoms with Crippen molar-refractivity contribution in [3.05, 3.63) is 101 Å². The summed E-state index contributed by atoms with van der Waals surface area (Å²) in [7, 11) is 0. The minimum absolute atomic E-state index is 0.0435. The van der Waals surface area contributed by atoms with Crippen LogP contribution < -0.4 is 10.1 Å². The molecule has 5 nitrogen and oxygen atoms in total. The average molecular weight is 461 g/mol. The van der Waals surface area contributed by atoms with Crippen LogP contribution >= 0.6 is 0 Å². The average Bonchev–Trinajstić information content (AvgIpc) is 2.86. The number of hydrogen-bond donors (Lipinski definition) is 1. The molecule has 0 bridgehead atoms. The molecule has 0 unspecified atom stereocenters. The van der Waals surface area contributed by atoms with E-state index >= 15 is 0 Å². The van der Waals surface area contributed by atoms with E-state index in [0.717, 1.165) is 28.7 Å². The van der Waals surface area contributed by atoms with E-state index < -0.39 is 6.10 Å².